The Kier molecular flexibility index (Phi) is 3.85. The van der Waals surface area contributed by atoms with Gasteiger partial charge in [0, 0.05) is 6.54 Å². The molecule has 1 aromatic carbocycles. The number of hydrogen-bond donors (Lipinski definition) is 1. The van der Waals surface area contributed by atoms with E-state index >= 15 is 0 Å². The predicted molar refractivity (Wildman–Crippen MR) is 85.6 cm³/mol. The SMILES string of the molecule is CCc1ccccc1CNc1nc(Cl)nc2sccc12. The van der Waals surface area contributed by atoms with Gasteiger partial charge in [0.05, 0.1) is 5.39 Å². The van der Waals surface area contributed by atoms with Crippen LogP contribution in [0.15, 0.2) is 35.7 Å². The molecule has 0 saturated heterocycles. The maximum absolute atomic E-state index is 5.97. The molecule has 0 atom stereocenters. The zero-order valence-corrected chi connectivity index (χ0v) is 12.6. The normalized spacial score (nSPS) is 10.9. The second kappa shape index (κ2) is 5.77. The Bertz CT molecular complexity index is 739. The molecule has 0 fully saturated rings. The number of hydrogen-bond acceptors (Lipinski definition) is 4. The summed E-state index contributed by atoms with van der Waals surface area (Å²) in [4.78, 5) is 9.43. The van der Waals surface area contributed by atoms with E-state index in [9.17, 15) is 0 Å². The van der Waals surface area contributed by atoms with Crippen molar-refractivity contribution in [1.29, 1.82) is 0 Å². The highest BCUT2D eigenvalue weighted by Gasteiger charge is 2.08. The molecule has 102 valence electrons. The predicted octanol–water partition coefficient (Wildman–Crippen LogP) is 4.52. The quantitative estimate of drug-likeness (QED) is 0.720. The zero-order chi connectivity index (χ0) is 13.9. The molecule has 0 aliphatic carbocycles. The number of thiophene rings is 1. The molecule has 0 radical (unpaired) electrons. The van der Waals surface area contributed by atoms with E-state index in [1.165, 1.54) is 11.1 Å². The smallest absolute Gasteiger partial charge is 0.225 e. The number of nitrogens with zero attached hydrogens (tertiary/aromatic N) is 2. The third-order valence-electron chi connectivity index (χ3n) is 3.24. The van der Waals surface area contributed by atoms with E-state index < -0.39 is 0 Å². The van der Waals surface area contributed by atoms with Gasteiger partial charge < -0.3 is 5.32 Å². The maximum Gasteiger partial charge on any atom is 0.225 e. The second-order valence-corrected chi connectivity index (χ2v) is 5.69. The average Bonchev–Trinajstić information content (AvgIpc) is 2.93. The van der Waals surface area contributed by atoms with Crippen LogP contribution in [0, 0.1) is 0 Å². The number of aromatic nitrogens is 2. The average molecular weight is 304 g/mol. The molecule has 3 nitrogen and oxygen atoms in total. The van der Waals surface area contributed by atoms with Gasteiger partial charge in [-0.25, -0.2) is 9.97 Å². The first kappa shape index (κ1) is 13.3. The van der Waals surface area contributed by atoms with E-state index in [1.54, 1.807) is 11.3 Å². The topological polar surface area (TPSA) is 37.8 Å². The van der Waals surface area contributed by atoms with Crippen LogP contribution >= 0.6 is 22.9 Å². The van der Waals surface area contributed by atoms with Crippen molar-refractivity contribution < 1.29 is 0 Å². The monoisotopic (exact) mass is 303 g/mol. The molecule has 1 N–H and O–H groups in total. The summed E-state index contributed by atoms with van der Waals surface area (Å²) in [6.07, 6.45) is 1.02. The molecular weight excluding hydrogens is 290 g/mol. The first-order chi connectivity index (χ1) is 9.78. The lowest BCUT2D eigenvalue weighted by molar-refractivity contribution is 1.03. The molecule has 0 aliphatic heterocycles. The molecule has 3 rings (SSSR count). The molecule has 0 bridgehead atoms. The number of rotatable bonds is 4. The van der Waals surface area contributed by atoms with Crippen LogP contribution in [0.2, 0.25) is 5.28 Å². The highest BCUT2D eigenvalue weighted by Crippen LogP contribution is 2.26. The molecule has 0 aliphatic rings. The Morgan fingerprint density at radius 3 is 2.75 bits per heavy atom. The molecule has 0 saturated carbocycles. The summed E-state index contributed by atoms with van der Waals surface area (Å²) >= 11 is 7.53. The van der Waals surface area contributed by atoms with Crippen molar-refractivity contribution in [1.82, 2.24) is 9.97 Å². The van der Waals surface area contributed by atoms with Crippen molar-refractivity contribution in [2.45, 2.75) is 19.9 Å². The van der Waals surface area contributed by atoms with E-state index in [4.69, 9.17) is 11.6 Å². The van der Waals surface area contributed by atoms with Crippen molar-refractivity contribution in [2.24, 2.45) is 0 Å². The van der Waals surface area contributed by atoms with Crippen LogP contribution in [0.1, 0.15) is 18.1 Å². The molecule has 0 amide bonds. The number of anilines is 1. The minimum Gasteiger partial charge on any atom is -0.365 e. The Morgan fingerprint density at radius 1 is 1.15 bits per heavy atom. The molecule has 0 unspecified atom stereocenters. The van der Waals surface area contributed by atoms with Crippen LogP contribution in [-0.2, 0) is 13.0 Å². The van der Waals surface area contributed by atoms with Crippen LogP contribution in [-0.4, -0.2) is 9.97 Å². The van der Waals surface area contributed by atoms with Gasteiger partial charge in [0.15, 0.2) is 0 Å². The second-order valence-electron chi connectivity index (χ2n) is 4.46. The molecule has 3 aromatic rings. The van der Waals surface area contributed by atoms with E-state index in [1.807, 2.05) is 11.4 Å². The Morgan fingerprint density at radius 2 is 1.95 bits per heavy atom. The third-order valence-corrected chi connectivity index (χ3v) is 4.22. The molecule has 2 aromatic heterocycles. The minimum atomic E-state index is 0.284. The first-order valence-electron chi connectivity index (χ1n) is 6.49. The summed E-state index contributed by atoms with van der Waals surface area (Å²) < 4.78 is 0. The Labute approximate surface area is 126 Å². The number of halogens is 1. The molecule has 20 heavy (non-hydrogen) atoms. The van der Waals surface area contributed by atoms with Gasteiger partial charge in [-0.1, -0.05) is 31.2 Å². The van der Waals surface area contributed by atoms with Crippen molar-refractivity contribution in [3.05, 3.63) is 52.1 Å². The summed E-state index contributed by atoms with van der Waals surface area (Å²) in [6.45, 7) is 2.90. The molecule has 2 heterocycles. The van der Waals surface area contributed by atoms with Crippen LogP contribution < -0.4 is 5.32 Å². The van der Waals surface area contributed by atoms with Crippen LogP contribution in [0.4, 0.5) is 5.82 Å². The van der Waals surface area contributed by atoms with Crippen molar-refractivity contribution in [2.75, 3.05) is 5.32 Å². The fraction of sp³-hybridized carbons (Fsp3) is 0.200. The van der Waals surface area contributed by atoms with E-state index in [-0.39, 0.29) is 5.28 Å². The van der Waals surface area contributed by atoms with Gasteiger partial charge in [0.25, 0.3) is 0 Å². The number of fused-ring (bicyclic) bond motifs is 1. The maximum atomic E-state index is 5.97. The highest BCUT2D eigenvalue weighted by molar-refractivity contribution is 7.16. The summed E-state index contributed by atoms with van der Waals surface area (Å²) in [5.41, 5.74) is 2.63. The fourth-order valence-electron chi connectivity index (χ4n) is 2.22. The van der Waals surface area contributed by atoms with Gasteiger partial charge in [-0.2, -0.15) is 0 Å². The first-order valence-corrected chi connectivity index (χ1v) is 7.75. The van der Waals surface area contributed by atoms with Gasteiger partial charge in [-0.15, -0.1) is 11.3 Å². The van der Waals surface area contributed by atoms with Crippen molar-refractivity contribution in [3.8, 4) is 0 Å². The van der Waals surface area contributed by atoms with E-state index in [0.29, 0.717) is 0 Å². The summed E-state index contributed by atoms with van der Waals surface area (Å²) in [6, 6.07) is 10.4. The molecule has 5 heteroatoms. The number of benzene rings is 1. The van der Waals surface area contributed by atoms with E-state index in [0.717, 1.165) is 29.0 Å². The number of aryl methyl sites for hydroxylation is 1. The van der Waals surface area contributed by atoms with Crippen molar-refractivity contribution in [3.63, 3.8) is 0 Å². The Hall–Kier alpha value is -1.65. The van der Waals surface area contributed by atoms with Gasteiger partial charge in [0.2, 0.25) is 5.28 Å². The van der Waals surface area contributed by atoms with Gasteiger partial charge in [-0.05, 0) is 40.6 Å². The van der Waals surface area contributed by atoms with Gasteiger partial charge >= 0.3 is 0 Å². The van der Waals surface area contributed by atoms with Crippen LogP contribution in [0.3, 0.4) is 0 Å². The largest absolute Gasteiger partial charge is 0.365 e. The van der Waals surface area contributed by atoms with Crippen LogP contribution in [0.5, 0.6) is 0 Å². The lowest BCUT2D eigenvalue weighted by Crippen LogP contribution is -2.04. The van der Waals surface area contributed by atoms with Gasteiger partial charge in [-0.3, -0.25) is 0 Å². The molecular formula is C15H14ClN3S. The number of nitrogens with one attached hydrogen (secondary N) is 1. The third kappa shape index (κ3) is 2.62. The summed E-state index contributed by atoms with van der Waals surface area (Å²) in [5, 5.41) is 6.68. The summed E-state index contributed by atoms with van der Waals surface area (Å²) in [5.74, 6) is 0.798. The standard InChI is InChI=1S/C15H14ClN3S/c1-2-10-5-3-4-6-11(10)9-17-13-12-7-8-20-14(12)19-15(16)18-13/h3-8H,2,9H2,1H3,(H,17,18,19). The lowest BCUT2D eigenvalue weighted by Gasteiger charge is -2.10. The summed E-state index contributed by atoms with van der Waals surface area (Å²) in [7, 11) is 0. The lowest BCUT2D eigenvalue weighted by atomic mass is 10.1. The van der Waals surface area contributed by atoms with Crippen molar-refractivity contribution >= 4 is 39.0 Å². The highest BCUT2D eigenvalue weighted by atomic mass is 35.5. The molecule has 0 spiro atoms. The zero-order valence-electron chi connectivity index (χ0n) is 11.1. The minimum absolute atomic E-state index is 0.284. The van der Waals surface area contributed by atoms with E-state index in [2.05, 4.69) is 46.5 Å². The Balaban J connectivity index is 1.88. The van der Waals surface area contributed by atoms with Crippen LogP contribution in [0.25, 0.3) is 10.2 Å². The fourth-order valence-corrected chi connectivity index (χ4v) is 3.20. The van der Waals surface area contributed by atoms with Gasteiger partial charge in [0.1, 0.15) is 10.6 Å².